The summed E-state index contributed by atoms with van der Waals surface area (Å²) in [6.07, 6.45) is 0.00585. The molecule has 10 heteroatoms. The molecule has 7 nitrogen and oxygen atoms in total. The molecule has 3 aromatic carbocycles. The highest BCUT2D eigenvalue weighted by atomic mass is 35.5. The van der Waals surface area contributed by atoms with E-state index in [4.69, 9.17) is 37.7 Å². The Morgan fingerprint density at radius 1 is 1.03 bits per heavy atom. The predicted molar refractivity (Wildman–Crippen MR) is 145 cm³/mol. The van der Waals surface area contributed by atoms with Crippen molar-refractivity contribution in [1.29, 1.82) is 0 Å². The summed E-state index contributed by atoms with van der Waals surface area (Å²) in [5.41, 5.74) is 1.96. The Kier molecular flexibility index (Phi) is 8.40. The highest BCUT2D eigenvalue weighted by Gasteiger charge is 2.36. The van der Waals surface area contributed by atoms with Crippen LogP contribution < -0.4 is 14.8 Å². The molecule has 4 rings (SSSR count). The number of rotatable bonds is 7. The number of amidine groups is 1. The van der Waals surface area contributed by atoms with Crippen LogP contribution in [-0.2, 0) is 16.1 Å². The minimum atomic E-state index is -0.681. The first kappa shape index (κ1) is 25.9. The van der Waals surface area contributed by atoms with Gasteiger partial charge in [0.25, 0.3) is 0 Å². The number of thioether (sulfide) groups is 1. The van der Waals surface area contributed by atoms with Crippen LogP contribution in [0.4, 0.5) is 11.4 Å². The molecule has 0 spiro atoms. The van der Waals surface area contributed by atoms with Crippen LogP contribution >= 0.6 is 35.0 Å². The third kappa shape index (κ3) is 6.32. The minimum Gasteiger partial charge on any atom is -0.493 e. The van der Waals surface area contributed by atoms with Gasteiger partial charge in [-0.25, -0.2) is 4.99 Å². The second-order valence-corrected chi connectivity index (χ2v) is 9.90. The molecule has 1 saturated heterocycles. The number of benzene rings is 3. The molecule has 1 aliphatic heterocycles. The van der Waals surface area contributed by atoms with E-state index in [2.05, 4.69) is 5.32 Å². The van der Waals surface area contributed by atoms with E-state index >= 15 is 0 Å². The first-order valence-electron chi connectivity index (χ1n) is 10.9. The summed E-state index contributed by atoms with van der Waals surface area (Å²) >= 11 is 13.3. The molecule has 1 unspecified atom stereocenters. The summed E-state index contributed by atoms with van der Waals surface area (Å²) < 4.78 is 10.7. The molecule has 1 aliphatic rings. The first-order chi connectivity index (χ1) is 17.4. The first-order valence-corrected chi connectivity index (χ1v) is 12.6. The van der Waals surface area contributed by atoms with Crippen molar-refractivity contribution in [2.45, 2.75) is 18.2 Å². The van der Waals surface area contributed by atoms with E-state index in [0.717, 1.165) is 5.56 Å². The molecule has 0 radical (unpaired) electrons. The number of nitrogens with zero attached hydrogens (tertiary/aromatic N) is 2. The molecular weight excluding hydrogens is 521 g/mol. The van der Waals surface area contributed by atoms with Crippen LogP contribution in [0.25, 0.3) is 0 Å². The number of hydrogen-bond acceptors (Lipinski definition) is 6. The lowest BCUT2D eigenvalue weighted by Gasteiger charge is -2.32. The summed E-state index contributed by atoms with van der Waals surface area (Å²) in [7, 11) is 3.12. The number of ether oxygens (including phenoxy) is 2. The molecule has 36 heavy (non-hydrogen) atoms. The van der Waals surface area contributed by atoms with Crippen molar-refractivity contribution in [2.75, 3.05) is 19.5 Å². The summed E-state index contributed by atoms with van der Waals surface area (Å²) in [5.74, 6) is 0.600. The van der Waals surface area contributed by atoms with Gasteiger partial charge in [0.1, 0.15) is 5.25 Å². The van der Waals surface area contributed by atoms with Gasteiger partial charge in [0.2, 0.25) is 11.8 Å². The van der Waals surface area contributed by atoms with Crippen molar-refractivity contribution in [3.63, 3.8) is 0 Å². The van der Waals surface area contributed by atoms with Gasteiger partial charge < -0.3 is 14.8 Å². The minimum absolute atomic E-state index is 0.00585. The highest BCUT2D eigenvalue weighted by molar-refractivity contribution is 8.15. The zero-order valence-electron chi connectivity index (χ0n) is 19.5. The standard InChI is InChI=1S/C26H23Cl2N3O4S/c1-34-21-9-8-16(10-22(21)35-2)15-31-24(32)14-23(36-26(31)30-19-6-4-3-5-7-19)25(33)29-20-12-17(27)11-18(28)13-20/h3-13,23H,14-15H2,1-2H3,(H,29,33). The molecule has 186 valence electrons. The van der Waals surface area contributed by atoms with E-state index in [1.165, 1.54) is 11.8 Å². The number of carbonyl (C=O) groups excluding carboxylic acids is 2. The van der Waals surface area contributed by atoms with Crippen molar-refractivity contribution in [1.82, 2.24) is 4.90 Å². The Morgan fingerprint density at radius 2 is 1.72 bits per heavy atom. The van der Waals surface area contributed by atoms with Gasteiger partial charge in [-0.15, -0.1) is 0 Å². The van der Waals surface area contributed by atoms with Crippen LogP contribution in [0.2, 0.25) is 10.0 Å². The van der Waals surface area contributed by atoms with Crippen LogP contribution in [0.1, 0.15) is 12.0 Å². The van der Waals surface area contributed by atoms with E-state index in [-0.39, 0.29) is 24.8 Å². The molecule has 2 amide bonds. The Bertz CT molecular complexity index is 1280. The van der Waals surface area contributed by atoms with Gasteiger partial charge in [-0.3, -0.25) is 14.5 Å². The molecule has 1 heterocycles. The monoisotopic (exact) mass is 543 g/mol. The lowest BCUT2D eigenvalue weighted by molar-refractivity contribution is -0.129. The van der Waals surface area contributed by atoms with Crippen molar-refractivity contribution in [3.8, 4) is 11.5 Å². The topological polar surface area (TPSA) is 80.2 Å². The average Bonchev–Trinajstić information content (AvgIpc) is 2.85. The van der Waals surface area contributed by atoms with Crippen LogP contribution in [-0.4, -0.2) is 41.4 Å². The van der Waals surface area contributed by atoms with Crippen molar-refractivity contribution < 1.29 is 19.1 Å². The van der Waals surface area contributed by atoms with Crippen molar-refractivity contribution in [2.24, 2.45) is 4.99 Å². The van der Waals surface area contributed by atoms with E-state index in [1.54, 1.807) is 43.4 Å². The largest absolute Gasteiger partial charge is 0.493 e. The van der Waals surface area contributed by atoms with Crippen LogP contribution in [0.3, 0.4) is 0 Å². The molecule has 0 aliphatic carbocycles. The van der Waals surface area contributed by atoms with Gasteiger partial charge in [-0.1, -0.05) is 59.2 Å². The second kappa shape index (κ2) is 11.7. The lowest BCUT2D eigenvalue weighted by Crippen LogP contribution is -2.44. The predicted octanol–water partition coefficient (Wildman–Crippen LogP) is 6.17. The number of anilines is 1. The number of nitrogens with one attached hydrogen (secondary N) is 1. The Balaban J connectivity index is 1.60. The third-order valence-corrected chi connectivity index (χ3v) is 6.96. The van der Waals surface area contributed by atoms with E-state index in [1.807, 2.05) is 42.5 Å². The molecule has 0 aromatic heterocycles. The number of hydrogen-bond donors (Lipinski definition) is 1. The fourth-order valence-corrected chi connectivity index (χ4v) is 5.24. The van der Waals surface area contributed by atoms with E-state index in [0.29, 0.717) is 38.1 Å². The van der Waals surface area contributed by atoms with Gasteiger partial charge in [0.05, 0.1) is 26.5 Å². The smallest absolute Gasteiger partial charge is 0.238 e. The van der Waals surface area contributed by atoms with Gasteiger partial charge in [0.15, 0.2) is 16.7 Å². The number of halogens is 2. The maximum absolute atomic E-state index is 13.3. The molecule has 1 fully saturated rings. The molecular formula is C26H23Cl2N3O4S. The number of carbonyl (C=O) groups is 2. The summed E-state index contributed by atoms with van der Waals surface area (Å²) in [6.45, 7) is 0.260. The zero-order valence-corrected chi connectivity index (χ0v) is 21.9. The third-order valence-electron chi connectivity index (χ3n) is 5.33. The maximum atomic E-state index is 13.3. The van der Waals surface area contributed by atoms with Crippen molar-refractivity contribution in [3.05, 3.63) is 82.3 Å². The van der Waals surface area contributed by atoms with E-state index < -0.39 is 5.25 Å². The quantitative estimate of drug-likeness (QED) is 0.385. The SMILES string of the molecule is COc1ccc(CN2C(=O)CC(C(=O)Nc3cc(Cl)cc(Cl)c3)SC2=Nc2ccccc2)cc1OC. The molecule has 0 saturated carbocycles. The second-order valence-electron chi connectivity index (χ2n) is 7.86. The van der Waals surface area contributed by atoms with Crippen LogP contribution in [0.5, 0.6) is 11.5 Å². The maximum Gasteiger partial charge on any atom is 0.238 e. The van der Waals surface area contributed by atoms with Gasteiger partial charge in [-0.2, -0.15) is 0 Å². The average molecular weight is 544 g/mol. The van der Waals surface area contributed by atoms with Gasteiger partial charge >= 0.3 is 0 Å². The van der Waals surface area contributed by atoms with E-state index in [9.17, 15) is 9.59 Å². The van der Waals surface area contributed by atoms with Crippen LogP contribution in [0, 0.1) is 0 Å². The fraction of sp³-hybridized carbons (Fsp3) is 0.192. The molecule has 1 N–H and O–H groups in total. The van der Waals surface area contributed by atoms with Gasteiger partial charge in [0, 0.05) is 22.2 Å². The zero-order chi connectivity index (χ0) is 25.7. The Hall–Kier alpha value is -3.20. The number of methoxy groups -OCH3 is 2. The fourth-order valence-electron chi connectivity index (χ4n) is 3.62. The van der Waals surface area contributed by atoms with Crippen LogP contribution in [0.15, 0.2) is 71.7 Å². The summed E-state index contributed by atoms with van der Waals surface area (Å²) in [6, 6.07) is 19.5. The Morgan fingerprint density at radius 3 is 2.39 bits per heavy atom. The summed E-state index contributed by atoms with van der Waals surface area (Å²) in [5, 5.41) is 3.35. The number of para-hydroxylation sites is 1. The molecule has 1 atom stereocenters. The normalized spacial score (nSPS) is 16.7. The molecule has 0 bridgehead atoms. The highest BCUT2D eigenvalue weighted by Crippen LogP contribution is 2.33. The Labute approximate surface area is 223 Å². The summed E-state index contributed by atoms with van der Waals surface area (Å²) in [4.78, 5) is 32.7. The number of aliphatic imine (C=N–C) groups is 1. The van der Waals surface area contributed by atoms with Crippen molar-refractivity contribution >= 4 is 63.3 Å². The lowest BCUT2D eigenvalue weighted by atomic mass is 10.1. The number of amides is 2. The van der Waals surface area contributed by atoms with Gasteiger partial charge in [-0.05, 0) is 48.0 Å². The molecule has 3 aromatic rings.